The molecular weight excluding hydrogens is 396 g/mol. The van der Waals surface area contributed by atoms with Crippen molar-refractivity contribution >= 4 is 11.7 Å². The van der Waals surface area contributed by atoms with Gasteiger partial charge >= 0.3 is 6.03 Å². The van der Waals surface area contributed by atoms with Crippen LogP contribution in [-0.4, -0.2) is 51.0 Å². The molecule has 162 valence electrons. The Morgan fingerprint density at radius 3 is 2.87 bits per heavy atom. The number of hydrogen-bond donors (Lipinski definition) is 3. The van der Waals surface area contributed by atoms with Crippen LogP contribution in [0.4, 0.5) is 19.3 Å². The molecule has 0 unspecified atom stereocenters. The minimum absolute atomic E-state index is 0.0718. The normalized spacial score (nSPS) is 23.9. The molecule has 1 aliphatic carbocycles. The maximum Gasteiger partial charge on any atom is 0.319 e. The van der Waals surface area contributed by atoms with E-state index in [4.69, 9.17) is 4.74 Å². The smallest absolute Gasteiger partial charge is 0.319 e. The molecular formula is C20H25F2N5O3. The number of nitrogens with one attached hydrogen (secondary N) is 2. The van der Waals surface area contributed by atoms with Gasteiger partial charge in [0.05, 0.1) is 30.1 Å². The van der Waals surface area contributed by atoms with Gasteiger partial charge in [-0.1, -0.05) is 5.21 Å². The number of amides is 2. The summed E-state index contributed by atoms with van der Waals surface area (Å²) in [5.41, 5.74) is 0.791. The highest BCUT2D eigenvalue weighted by Gasteiger charge is 2.32. The first-order chi connectivity index (χ1) is 14.5. The van der Waals surface area contributed by atoms with Crippen molar-refractivity contribution in [2.45, 2.75) is 62.8 Å². The number of rotatable bonds is 7. The van der Waals surface area contributed by atoms with Crippen LogP contribution in [0.15, 0.2) is 24.4 Å². The summed E-state index contributed by atoms with van der Waals surface area (Å²) in [6, 6.07) is 1.71. The highest BCUT2D eigenvalue weighted by atomic mass is 19.1. The standard InChI is InChI=1S/C20H25F2N5O3/c21-13-3-5-15(22)17(9-13)24-20(29)23-16-6-4-14(30-19(16)11-28)7-8-27-10-18(25-26-27)12-1-2-12/h3,5,9-10,12,14,16,19,28H,1-2,4,6-8,11H2,(H2,23,24,29)/t14-,16-,19-/m1/s1. The number of nitrogens with zero attached hydrogens (tertiary/aromatic N) is 3. The lowest BCUT2D eigenvalue weighted by molar-refractivity contribution is -0.0905. The number of anilines is 1. The van der Waals surface area contributed by atoms with Crippen molar-refractivity contribution in [2.75, 3.05) is 11.9 Å². The lowest BCUT2D eigenvalue weighted by Gasteiger charge is -2.36. The fourth-order valence-electron chi connectivity index (χ4n) is 3.69. The molecule has 4 rings (SSSR count). The summed E-state index contributed by atoms with van der Waals surface area (Å²) in [4.78, 5) is 12.2. The molecule has 2 amide bonds. The van der Waals surface area contributed by atoms with Gasteiger partial charge in [-0.15, -0.1) is 5.10 Å². The number of aliphatic hydroxyl groups is 1. The molecule has 1 saturated carbocycles. The lowest BCUT2D eigenvalue weighted by Crippen LogP contribution is -2.52. The third-order valence-corrected chi connectivity index (χ3v) is 5.52. The number of hydrogen-bond acceptors (Lipinski definition) is 5. The predicted octanol–water partition coefficient (Wildman–Crippen LogP) is 2.55. The second-order valence-corrected chi connectivity index (χ2v) is 7.86. The minimum Gasteiger partial charge on any atom is -0.394 e. The molecule has 0 bridgehead atoms. The molecule has 2 fully saturated rings. The number of urea groups is 1. The van der Waals surface area contributed by atoms with Crippen molar-refractivity contribution in [1.82, 2.24) is 20.3 Å². The first-order valence-electron chi connectivity index (χ1n) is 10.2. The number of aliphatic hydroxyl groups excluding tert-OH is 1. The van der Waals surface area contributed by atoms with Crippen LogP contribution in [0.5, 0.6) is 0 Å². The quantitative estimate of drug-likeness (QED) is 0.638. The maximum atomic E-state index is 13.7. The van der Waals surface area contributed by atoms with Crippen LogP contribution in [0.25, 0.3) is 0 Å². The summed E-state index contributed by atoms with van der Waals surface area (Å²) in [6.07, 6.45) is 5.69. The molecule has 0 spiro atoms. The van der Waals surface area contributed by atoms with E-state index in [1.807, 2.05) is 10.9 Å². The van der Waals surface area contributed by atoms with Crippen molar-refractivity contribution in [1.29, 1.82) is 0 Å². The Bertz CT molecular complexity index is 889. The van der Waals surface area contributed by atoms with Crippen molar-refractivity contribution in [3.63, 3.8) is 0 Å². The fourth-order valence-corrected chi connectivity index (χ4v) is 3.69. The van der Waals surface area contributed by atoms with Crippen LogP contribution in [0, 0.1) is 11.6 Å². The van der Waals surface area contributed by atoms with Crippen LogP contribution < -0.4 is 10.6 Å². The van der Waals surface area contributed by atoms with Crippen LogP contribution in [-0.2, 0) is 11.3 Å². The molecule has 1 aliphatic heterocycles. The summed E-state index contributed by atoms with van der Waals surface area (Å²) in [6.45, 7) is 0.408. The first-order valence-corrected chi connectivity index (χ1v) is 10.2. The Labute approximate surface area is 172 Å². The number of benzene rings is 1. The average molecular weight is 421 g/mol. The molecule has 2 aromatic rings. The molecule has 1 saturated heterocycles. The van der Waals surface area contributed by atoms with E-state index >= 15 is 0 Å². The summed E-state index contributed by atoms with van der Waals surface area (Å²) >= 11 is 0. The van der Waals surface area contributed by atoms with Crippen molar-refractivity contribution < 1.29 is 23.4 Å². The summed E-state index contributed by atoms with van der Waals surface area (Å²) in [7, 11) is 0. The monoisotopic (exact) mass is 421 g/mol. The lowest BCUT2D eigenvalue weighted by atomic mass is 9.97. The first kappa shape index (κ1) is 20.7. The van der Waals surface area contributed by atoms with Crippen molar-refractivity contribution in [3.05, 3.63) is 41.7 Å². The molecule has 30 heavy (non-hydrogen) atoms. The molecule has 2 aliphatic rings. The Morgan fingerprint density at radius 1 is 1.27 bits per heavy atom. The van der Waals surface area contributed by atoms with Crippen LogP contribution in [0.1, 0.15) is 43.7 Å². The molecule has 10 heteroatoms. The largest absolute Gasteiger partial charge is 0.394 e. The van der Waals surface area contributed by atoms with Crippen LogP contribution in [0.2, 0.25) is 0 Å². The van der Waals surface area contributed by atoms with E-state index in [1.54, 1.807) is 0 Å². The summed E-state index contributed by atoms with van der Waals surface area (Å²) in [5.74, 6) is -0.828. The van der Waals surface area contributed by atoms with Gasteiger partial charge in [0.15, 0.2) is 0 Å². The zero-order valence-corrected chi connectivity index (χ0v) is 16.4. The Morgan fingerprint density at radius 2 is 2.10 bits per heavy atom. The second-order valence-electron chi connectivity index (χ2n) is 7.86. The minimum atomic E-state index is -0.733. The van der Waals surface area contributed by atoms with E-state index in [9.17, 15) is 18.7 Å². The Hall–Kier alpha value is -2.59. The van der Waals surface area contributed by atoms with Crippen LogP contribution >= 0.6 is 0 Å². The average Bonchev–Trinajstić information content (AvgIpc) is 3.48. The van der Waals surface area contributed by atoms with E-state index in [0.29, 0.717) is 25.3 Å². The van der Waals surface area contributed by atoms with E-state index in [1.165, 1.54) is 12.8 Å². The second kappa shape index (κ2) is 9.05. The number of carbonyl (C=O) groups excluding carboxylic acids is 1. The Kier molecular flexibility index (Phi) is 6.24. The molecule has 0 radical (unpaired) electrons. The van der Waals surface area contributed by atoms with E-state index in [-0.39, 0.29) is 18.4 Å². The predicted molar refractivity (Wildman–Crippen MR) is 104 cm³/mol. The van der Waals surface area contributed by atoms with Gasteiger partial charge in [-0.25, -0.2) is 13.6 Å². The highest BCUT2D eigenvalue weighted by molar-refractivity contribution is 5.89. The highest BCUT2D eigenvalue weighted by Crippen LogP contribution is 2.38. The third kappa shape index (κ3) is 5.11. The topological polar surface area (TPSA) is 101 Å². The third-order valence-electron chi connectivity index (χ3n) is 5.52. The van der Waals surface area contributed by atoms with Gasteiger partial charge in [0, 0.05) is 24.7 Å². The molecule has 3 N–H and O–H groups in total. The summed E-state index contributed by atoms with van der Waals surface area (Å²) < 4.78 is 34.7. The maximum absolute atomic E-state index is 13.7. The number of aryl methyl sites for hydroxylation is 1. The van der Waals surface area contributed by atoms with Crippen molar-refractivity contribution in [3.8, 4) is 0 Å². The van der Waals surface area contributed by atoms with Gasteiger partial charge in [-0.2, -0.15) is 0 Å². The van der Waals surface area contributed by atoms with Crippen molar-refractivity contribution in [2.24, 2.45) is 0 Å². The van der Waals surface area contributed by atoms with Gasteiger partial charge in [-0.05, 0) is 44.2 Å². The number of ether oxygens (including phenoxy) is 1. The zero-order chi connectivity index (χ0) is 21.1. The molecule has 2 heterocycles. The van der Waals surface area contributed by atoms with E-state index in [2.05, 4.69) is 20.9 Å². The van der Waals surface area contributed by atoms with E-state index < -0.39 is 29.8 Å². The molecule has 8 nitrogen and oxygen atoms in total. The molecule has 3 atom stereocenters. The molecule has 1 aromatic carbocycles. The van der Waals surface area contributed by atoms with Gasteiger partial charge in [-0.3, -0.25) is 4.68 Å². The zero-order valence-electron chi connectivity index (χ0n) is 16.4. The van der Waals surface area contributed by atoms with Gasteiger partial charge in [0.25, 0.3) is 0 Å². The summed E-state index contributed by atoms with van der Waals surface area (Å²) in [5, 5.41) is 23.0. The number of aromatic nitrogens is 3. The number of halogens is 2. The van der Waals surface area contributed by atoms with Gasteiger partial charge < -0.3 is 20.5 Å². The van der Waals surface area contributed by atoms with Gasteiger partial charge in [0.2, 0.25) is 0 Å². The Balaban J connectivity index is 1.26. The molecule has 1 aromatic heterocycles. The number of carbonyl (C=O) groups is 1. The van der Waals surface area contributed by atoms with Crippen LogP contribution in [0.3, 0.4) is 0 Å². The fraction of sp³-hybridized carbons (Fsp3) is 0.550. The SMILES string of the molecule is O=C(Nc1cc(F)ccc1F)N[C@@H]1CC[C@H](CCn2cc(C3CC3)nn2)O[C@@H]1CO. The van der Waals surface area contributed by atoms with Gasteiger partial charge in [0.1, 0.15) is 17.7 Å². The van der Waals surface area contributed by atoms with E-state index in [0.717, 1.165) is 30.3 Å².